The highest BCUT2D eigenvalue weighted by Crippen LogP contribution is 2.37. The van der Waals surface area contributed by atoms with Crippen molar-refractivity contribution in [2.24, 2.45) is 4.99 Å². The molecule has 0 aromatic heterocycles. The van der Waals surface area contributed by atoms with Gasteiger partial charge < -0.3 is 5.32 Å². The minimum atomic E-state index is -4.46. The van der Waals surface area contributed by atoms with E-state index in [9.17, 15) is 18.0 Å². The fourth-order valence-corrected chi connectivity index (χ4v) is 2.56. The first kappa shape index (κ1) is 13.9. The highest BCUT2D eigenvalue weighted by atomic mass is 32.2. The van der Waals surface area contributed by atoms with Crippen LogP contribution in [0.3, 0.4) is 0 Å². The highest BCUT2D eigenvalue weighted by molar-refractivity contribution is 8.15. The Hall–Kier alpha value is -1.50. The lowest BCUT2D eigenvalue weighted by Crippen LogP contribution is -2.24. The maximum atomic E-state index is 12.8. The molecule has 0 radical (unpaired) electrons. The number of benzene rings is 1. The first-order valence-corrected chi connectivity index (χ1v) is 6.52. The van der Waals surface area contributed by atoms with Gasteiger partial charge in [0, 0.05) is 0 Å². The first-order valence-electron chi connectivity index (χ1n) is 5.64. The average Bonchev–Trinajstić information content (AvgIpc) is 2.69. The third-order valence-corrected chi connectivity index (χ3v) is 3.83. The molecule has 1 aromatic carbocycles. The van der Waals surface area contributed by atoms with Crippen LogP contribution in [0.15, 0.2) is 29.3 Å². The number of hydrogen-bond acceptors (Lipinski definition) is 3. The number of rotatable bonds is 2. The average molecular weight is 288 g/mol. The predicted octanol–water partition coefficient (Wildman–Crippen LogP) is 3.33. The van der Waals surface area contributed by atoms with Crippen molar-refractivity contribution in [2.45, 2.75) is 24.8 Å². The molecule has 1 heterocycles. The number of para-hydroxylation sites is 1. The summed E-state index contributed by atoms with van der Waals surface area (Å²) in [5, 5.41) is 2.42. The molecule has 1 aromatic rings. The Morgan fingerprint density at radius 3 is 2.63 bits per heavy atom. The molecule has 2 rings (SSSR count). The second-order valence-corrected chi connectivity index (χ2v) is 5.13. The molecule has 0 saturated carbocycles. The largest absolute Gasteiger partial charge is 0.418 e. The van der Waals surface area contributed by atoms with Crippen LogP contribution in [0.2, 0.25) is 0 Å². The lowest BCUT2D eigenvalue weighted by molar-refractivity contribution is -0.137. The maximum absolute atomic E-state index is 12.8. The highest BCUT2D eigenvalue weighted by Gasteiger charge is 2.34. The molecule has 3 nitrogen and oxygen atoms in total. The second-order valence-electron chi connectivity index (χ2n) is 3.94. The quantitative estimate of drug-likeness (QED) is 0.907. The monoisotopic (exact) mass is 288 g/mol. The molecule has 1 saturated heterocycles. The van der Waals surface area contributed by atoms with Crippen molar-refractivity contribution < 1.29 is 18.0 Å². The number of nitrogens with zero attached hydrogens (tertiary/aromatic N) is 1. The number of carbonyl (C=O) groups is 1. The SMILES string of the molecule is CCC1SC(=Nc2ccccc2C(F)(F)F)NC1=O. The Bertz CT molecular complexity index is 528. The standard InChI is InChI=1S/C12H11F3N2OS/c1-2-9-10(18)17-11(19-9)16-8-6-4-3-5-7(8)12(13,14)15/h3-6,9H,2H2,1H3,(H,16,17,18). The van der Waals surface area contributed by atoms with E-state index >= 15 is 0 Å². The molecule has 7 heteroatoms. The van der Waals surface area contributed by atoms with E-state index in [1.165, 1.54) is 18.2 Å². The van der Waals surface area contributed by atoms with Gasteiger partial charge in [-0.15, -0.1) is 0 Å². The summed E-state index contributed by atoms with van der Waals surface area (Å²) in [5.74, 6) is -0.212. The van der Waals surface area contributed by atoms with Crippen LogP contribution in [0.1, 0.15) is 18.9 Å². The van der Waals surface area contributed by atoms with Crippen molar-refractivity contribution in [3.8, 4) is 0 Å². The van der Waals surface area contributed by atoms with Crippen LogP contribution in [0.5, 0.6) is 0 Å². The first-order chi connectivity index (χ1) is 8.91. The van der Waals surface area contributed by atoms with Crippen molar-refractivity contribution in [3.63, 3.8) is 0 Å². The summed E-state index contributed by atoms with van der Waals surface area (Å²) in [5.41, 5.74) is -0.994. The van der Waals surface area contributed by atoms with Crippen molar-refractivity contribution in [1.82, 2.24) is 5.32 Å². The Morgan fingerprint density at radius 2 is 2.05 bits per heavy atom. The molecule has 0 bridgehead atoms. The van der Waals surface area contributed by atoms with Gasteiger partial charge in [-0.3, -0.25) is 4.79 Å². The molecule has 1 atom stereocenters. The summed E-state index contributed by atoms with van der Waals surface area (Å²) in [6.45, 7) is 1.84. The van der Waals surface area contributed by atoms with Crippen LogP contribution in [0, 0.1) is 0 Å². The van der Waals surface area contributed by atoms with Gasteiger partial charge >= 0.3 is 6.18 Å². The zero-order chi connectivity index (χ0) is 14.0. The van der Waals surface area contributed by atoms with Gasteiger partial charge in [-0.2, -0.15) is 13.2 Å². The van der Waals surface area contributed by atoms with E-state index in [4.69, 9.17) is 0 Å². The number of amidine groups is 1. The predicted molar refractivity (Wildman–Crippen MR) is 68.4 cm³/mol. The topological polar surface area (TPSA) is 41.5 Å². The molecule has 1 N–H and O–H groups in total. The fourth-order valence-electron chi connectivity index (χ4n) is 1.65. The van der Waals surface area contributed by atoms with E-state index in [0.29, 0.717) is 6.42 Å². The van der Waals surface area contributed by atoms with Crippen LogP contribution in [-0.2, 0) is 11.0 Å². The number of aliphatic imine (C=N–C) groups is 1. The summed E-state index contributed by atoms with van der Waals surface area (Å²) in [6, 6.07) is 5.04. The number of nitrogens with one attached hydrogen (secondary N) is 1. The Morgan fingerprint density at radius 1 is 1.37 bits per heavy atom. The van der Waals surface area contributed by atoms with Crippen LogP contribution >= 0.6 is 11.8 Å². The number of carbonyl (C=O) groups excluding carboxylic acids is 1. The Kier molecular flexibility index (Phi) is 3.84. The number of amides is 1. The summed E-state index contributed by atoms with van der Waals surface area (Å²) in [6.07, 6.45) is -3.85. The zero-order valence-corrected chi connectivity index (χ0v) is 10.8. The summed E-state index contributed by atoms with van der Waals surface area (Å²) < 4.78 is 38.3. The third kappa shape index (κ3) is 3.09. The van der Waals surface area contributed by atoms with Crippen molar-refractivity contribution in [3.05, 3.63) is 29.8 Å². The molecular formula is C12H11F3N2OS. The summed E-state index contributed by atoms with van der Waals surface area (Å²) in [4.78, 5) is 15.4. The molecule has 19 heavy (non-hydrogen) atoms. The lowest BCUT2D eigenvalue weighted by atomic mass is 10.2. The molecular weight excluding hydrogens is 277 g/mol. The Balaban J connectivity index is 2.32. The molecule has 0 aliphatic carbocycles. The smallest absolute Gasteiger partial charge is 0.304 e. The van der Waals surface area contributed by atoms with Gasteiger partial charge in [0.25, 0.3) is 0 Å². The Labute approximate surface area is 112 Å². The summed E-state index contributed by atoms with van der Waals surface area (Å²) >= 11 is 1.15. The summed E-state index contributed by atoms with van der Waals surface area (Å²) in [7, 11) is 0. The van der Waals surface area contributed by atoms with Gasteiger partial charge in [-0.05, 0) is 18.6 Å². The maximum Gasteiger partial charge on any atom is 0.418 e. The molecule has 0 spiro atoms. The number of alkyl halides is 3. The third-order valence-electron chi connectivity index (χ3n) is 2.58. The van der Waals surface area contributed by atoms with Crippen LogP contribution in [0.4, 0.5) is 18.9 Å². The van der Waals surface area contributed by atoms with Gasteiger partial charge in [0.05, 0.1) is 16.5 Å². The molecule has 1 amide bonds. The number of hydrogen-bond donors (Lipinski definition) is 1. The zero-order valence-electron chi connectivity index (χ0n) is 9.99. The molecule has 1 fully saturated rings. The van der Waals surface area contributed by atoms with E-state index in [2.05, 4.69) is 10.3 Å². The van der Waals surface area contributed by atoms with Gasteiger partial charge in [0.15, 0.2) is 5.17 Å². The minimum absolute atomic E-state index is 0.186. The second kappa shape index (κ2) is 5.24. The van der Waals surface area contributed by atoms with Crippen LogP contribution in [-0.4, -0.2) is 16.3 Å². The van der Waals surface area contributed by atoms with Crippen LogP contribution in [0.25, 0.3) is 0 Å². The van der Waals surface area contributed by atoms with Crippen LogP contribution < -0.4 is 5.32 Å². The lowest BCUT2D eigenvalue weighted by Gasteiger charge is -2.09. The fraction of sp³-hybridized carbons (Fsp3) is 0.333. The number of halogens is 3. The molecule has 1 aliphatic heterocycles. The van der Waals surface area contributed by atoms with E-state index in [1.54, 1.807) is 0 Å². The van der Waals surface area contributed by atoms with Crippen molar-refractivity contribution >= 4 is 28.5 Å². The van der Waals surface area contributed by atoms with Gasteiger partial charge in [0.1, 0.15) is 0 Å². The van der Waals surface area contributed by atoms with E-state index in [-0.39, 0.29) is 22.0 Å². The van der Waals surface area contributed by atoms with E-state index < -0.39 is 11.7 Å². The van der Waals surface area contributed by atoms with Gasteiger partial charge in [-0.25, -0.2) is 4.99 Å². The normalized spacial score (nSPS) is 21.8. The molecule has 1 unspecified atom stereocenters. The van der Waals surface area contributed by atoms with Crippen molar-refractivity contribution in [1.29, 1.82) is 0 Å². The van der Waals surface area contributed by atoms with E-state index in [0.717, 1.165) is 17.8 Å². The van der Waals surface area contributed by atoms with Crippen molar-refractivity contribution in [2.75, 3.05) is 0 Å². The number of thioether (sulfide) groups is 1. The molecule has 1 aliphatic rings. The van der Waals surface area contributed by atoms with Gasteiger partial charge in [0.2, 0.25) is 5.91 Å². The molecule has 102 valence electrons. The minimum Gasteiger partial charge on any atom is -0.304 e. The van der Waals surface area contributed by atoms with Gasteiger partial charge in [-0.1, -0.05) is 30.8 Å². The van der Waals surface area contributed by atoms with E-state index in [1.807, 2.05) is 6.92 Å².